The molecule has 1 amide bonds. The Morgan fingerprint density at radius 3 is 3.00 bits per heavy atom. The smallest absolute Gasteiger partial charge is 0.289 e. The molecule has 2 aromatic carbocycles. The van der Waals surface area contributed by atoms with Gasteiger partial charge in [0, 0.05) is 17.5 Å². The van der Waals surface area contributed by atoms with Crippen molar-refractivity contribution in [3.05, 3.63) is 71.5 Å². The molecule has 4 rings (SSSR count). The molecule has 146 valence electrons. The number of nitrogens with one attached hydrogen (secondary N) is 2. The molecule has 0 atom stereocenters. The van der Waals surface area contributed by atoms with Crippen LogP contribution in [0.25, 0.3) is 10.2 Å². The number of nitrogens with zero attached hydrogens (tertiary/aromatic N) is 3. The summed E-state index contributed by atoms with van der Waals surface area (Å²) in [5.74, 6) is 1.17. The summed E-state index contributed by atoms with van der Waals surface area (Å²) in [6.45, 7) is 0. The largest absolute Gasteiger partial charge is 0.496 e. The Morgan fingerprint density at radius 1 is 1.31 bits per heavy atom. The maximum Gasteiger partial charge on any atom is 0.289 e. The van der Waals surface area contributed by atoms with Gasteiger partial charge in [-0.3, -0.25) is 9.89 Å². The van der Waals surface area contributed by atoms with Crippen molar-refractivity contribution in [2.75, 3.05) is 7.11 Å². The number of hydrogen-bond acceptors (Lipinski definition) is 7. The van der Waals surface area contributed by atoms with E-state index in [1.165, 1.54) is 10.9 Å². The Kier molecular flexibility index (Phi) is 5.87. The van der Waals surface area contributed by atoms with Gasteiger partial charge in [-0.15, -0.1) is 11.3 Å². The zero-order valence-electron chi connectivity index (χ0n) is 15.5. The number of hydrogen-bond donors (Lipinski definition) is 2. The molecule has 2 aromatic heterocycles. The van der Waals surface area contributed by atoms with E-state index >= 15 is 0 Å². The Labute approximate surface area is 175 Å². The third-order valence-corrected chi connectivity index (χ3v) is 6.28. The lowest BCUT2D eigenvalue weighted by molar-refractivity contribution is 0.0950. The van der Waals surface area contributed by atoms with E-state index < -0.39 is 0 Å². The first kappa shape index (κ1) is 19.2. The fourth-order valence-electron chi connectivity index (χ4n) is 2.65. The topological polar surface area (TPSA) is 92.3 Å². The number of thiazole rings is 1. The molecule has 0 fully saturated rings. The number of carbonyl (C=O) groups excluding carboxylic acids is 1. The molecule has 2 heterocycles. The summed E-state index contributed by atoms with van der Waals surface area (Å²) in [6.07, 6.45) is 3.11. The molecule has 0 aliphatic rings. The normalized spacial score (nSPS) is 11.2. The number of methoxy groups -OCH3 is 1. The van der Waals surface area contributed by atoms with E-state index in [-0.39, 0.29) is 5.91 Å². The molecule has 4 aromatic rings. The van der Waals surface area contributed by atoms with E-state index in [4.69, 9.17) is 4.74 Å². The average Bonchev–Trinajstić information content (AvgIpc) is 3.42. The molecule has 0 radical (unpaired) electrons. The van der Waals surface area contributed by atoms with Crippen LogP contribution in [0.3, 0.4) is 0 Å². The third kappa shape index (κ3) is 4.64. The SMILES string of the molecule is COc1ccc(C=NNC(=O)c2ccn[nH]2)cc1CSc1nc2ccccc2s1. The summed E-state index contributed by atoms with van der Waals surface area (Å²) >= 11 is 3.35. The highest BCUT2D eigenvalue weighted by Crippen LogP contribution is 2.33. The predicted octanol–water partition coefficient (Wildman–Crippen LogP) is 4.08. The molecule has 0 bridgehead atoms. The van der Waals surface area contributed by atoms with Crippen molar-refractivity contribution >= 4 is 45.4 Å². The number of fused-ring (bicyclic) bond motifs is 1. The first-order valence-electron chi connectivity index (χ1n) is 8.71. The summed E-state index contributed by atoms with van der Waals surface area (Å²) in [6, 6.07) is 15.5. The Morgan fingerprint density at radius 2 is 2.21 bits per heavy atom. The van der Waals surface area contributed by atoms with E-state index in [0.717, 1.165) is 26.7 Å². The molecule has 0 saturated carbocycles. The number of carbonyl (C=O) groups is 1. The van der Waals surface area contributed by atoms with Crippen molar-refractivity contribution in [2.45, 2.75) is 10.1 Å². The highest BCUT2D eigenvalue weighted by molar-refractivity contribution is 8.00. The third-order valence-electron chi connectivity index (χ3n) is 4.05. The van der Waals surface area contributed by atoms with Crippen LogP contribution in [0.15, 0.2) is 64.2 Å². The van der Waals surface area contributed by atoms with Crippen LogP contribution in [-0.2, 0) is 5.75 Å². The second-order valence-electron chi connectivity index (χ2n) is 5.98. The zero-order chi connectivity index (χ0) is 20.1. The number of rotatable bonds is 7. The summed E-state index contributed by atoms with van der Waals surface area (Å²) in [4.78, 5) is 16.5. The van der Waals surface area contributed by atoms with Gasteiger partial charge >= 0.3 is 0 Å². The lowest BCUT2D eigenvalue weighted by Crippen LogP contribution is -2.18. The number of hydrazone groups is 1. The average molecular weight is 424 g/mol. The fraction of sp³-hybridized carbons (Fsp3) is 0.100. The maximum absolute atomic E-state index is 11.9. The number of thioether (sulfide) groups is 1. The van der Waals surface area contributed by atoms with Gasteiger partial charge in [0.2, 0.25) is 0 Å². The molecule has 0 aliphatic heterocycles. The van der Waals surface area contributed by atoms with Gasteiger partial charge < -0.3 is 4.74 Å². The van der Waals surface area contributed by atoms with Gasteiger partial charge in [-0.2, -0.15) is 10.2 Å². The number of amides is 1. The van der Waals surface area contributed by atoms with E-state index in [2.05, 4.69) is 31.8 Å². The van der Waals surface area contributed by atoms with Crippen molar-refractivity contribution < 1.29 is 9.53 Å². The van der Waals surface area contributed by atoms with Gasteiger partial charge in [0.1, 0.15) is 11.4 Å². The molecule has 0 aliphatic carbocycles. The van der Waals surface area contributed by atoms with Crippen LogP contribution in [0.4, 0.5) is 0 Å². The van der Waals surface area contributed by atoms with Crippen LogP contribution in [-0.4, -0.2) is 34.4 Å². The van der Waals surface area contributed by atoms with Crippen molar-refractivity contribution in [2.24, 2.45) is 5.10 Å². The van der Waals surface area contributed by atoms with Crippen LogP contribution in [0.2, 0.25) is 0 Å². The molecule has 7 nitrogen and oxygen atoms in total. The number of H-pyrrole nitrogens is 1. The predicted molar refractivity (Wildman–Crippen MR) is 116 cm³/mol. The second-order valence-corrected chi connectivity index (χ2v) is 8.23. The minimum absolute atomic E-state index is 0.348. The second kappa shape index (κ2) is 8.89. The monoisotopic (exact) mass is 423 g/mol. The first-order chi connectivity index (χ1) is 14.2. The lowest BCUT2D eigenvalue weighted by Gasteiger charge is -2.08. The lowest BCUT2D eigenvalue weighted by atomic mass is 10.1. The van der Waals surface area contributed by atoms with Crippen molar-refractivity contribution in [3.63, 3.8) is 0 Å². The Bertz CT molecular complexity index is 1120. The Balaban J connectivity index is 1.44. The van der Waals surface area contributed by atoms with E-state index in [1.54, 1.807) is 42.5 Å². The molecule has 9 heteroatoms. The van der Waals surface area contributed by atoms with Crippen LogP contribution in [0.1, 0.15) is 21.6 Å². The van der Waals surface area contributed by atoms with E-state index in [1.807, 2.05) is 36.4 Å². The quantitative estimate of drug-likeness (QED) is 0.265. The van der Waals surface area contributed by atoms with Crippen molar-refractivity contribution in [1.29, 1.82) is 0 Å². The van der Waals surface area contributed by atoms with Gasteiger partial charge in [0.25, 0.3) is 5.91 Å². The molecule has 2 N–H and O–H groups in total. The van der Waals surface area contributed by atoms with Crippen LogP contribution in [0.5, 0.6) is 5.75 Å². The minimum Gasteiger partial charge on any atom is -0.496 e. The number of benzene rings is 2. The highest BCUT2D eigenvalue weighted by atomic mass is 32.2. The van der Waals surface area contributed by atoms with Gasteiger partial charge in [0.05, 0.1) is 23.5 Å². The van der Waals surface area contributed by atoms with Gasteiger partial charge in [0.15, 0.2) is 4.34 Å². The van der Waals surface area contributed by atoms with E-state index in [9.17, 15) is 4.79 Å². The molecule has 0 spiro atoms. The summed E-state index contributed by atoms with van der Waals surface area (Å²) < 4.78 is 7.67. The number of aromatic amines is 1. The zero-order valence-corrected chi connectivity index (χ0v) is 17.1. The molecule has 0 saturated heterocycles. The summed E-state index contributed by atoms with van der Waals surface area (Å²) in [7, 11) is 1.65. The number of ether oxygens (including phenoxy) is 1. The molecular weight excluding hydrogens is 406 g/mol. The number of aromatic nitrogens is 3. The summed E-state index contributed by atoms with van der Waals surface area (Å²) in [5.41, 5.74) is 5.72. The van der Waals surface area contributed by atoms with Crippen molar-refractivity contribution in [1.82, 2.24) is 20.6 Å². The highest BCUT2D eigenvalue weighted by Gasteiger charge is 2.09. The van der Waals surface area contributed by atoms with Gasteiger partial charge in [-0.25, -0.2) is 10.4 Å². The standard InChI is InChI=1S/C20H17N5O2S2/c1-27-17-7-6-13(11-22-25-19(26)16-8-9-21-24-16)10-14(17)12-28-20-23-15-4-2-3-5-18(15)29-20/h2-11H,12H2,1H3,(H,21,24)(H,25,26). The Hall–Kier alpha value is -3.17. The minimum atomic E-state index is -0.348. The van der Waals surface area contributed by atoms with Crippen LogP contribution in [0, 0.1) is 0 Å². The summed E-state index contributed by atoms with van der Waals surface area (Å²) in [5, 5.41) is 10.3. The van der Waals surface area contributed by atoms with Gasteiger partial charge in [-0.1, -0.05) is 23.9 Å². The number of para-hydroxylation sites is 1. The van der Waals surface area contributed by atoms with Gasteiger partial charge in [-0.05, 0) is 42.0 Å². The van der Waals surface area contributed by atoms with Crippen LogP contribution < -0.4 is 10.2 Å². The fourth-order valence-corrected chi connectivity index (χ4v) is 4.70. The molecule has 29 heavy (non-hydrogen) atoms. The first-order valence-corrected chi connectivity index (χ1v) is 10.5. The van der Waals surface area contributed by atoms with Crippen molar-refractivity contribution in [3.8, 4) is 5.75 Å². The van der Waals surface area contributed by atoms with Crippen LogP contribution >= 0.6 is 23.1 Å². The molecular formula is C20H17N5O2S2. The van der Waals surface area contributed by atoms with E-state index in [0.29, 0.717) is 11.4 Å². The maximum atomic E-state index is 11.9. The molecule has 0 unspecified atom stereocenters.